The third-order valence-electron chi connectivity index (χ3n) is 4.46. The van der Waals surface area contributed by atoms with Gasteiger partial charge in [0, 0.05) is 12.1 Å². The Morgan fingerprint density at radius 2 is 1.64 bits per heavy atom. The third kappa shape index (κ3) is 4.57. The van der Waals surface area contributed by atoms with Gasteiger partial charge in [0.2, 0.25) is 0 Å². The molecule has 0 spiro atoms. The van der Waals surface area contributed by atoms with Crippen LogP contribution in [0.5, 0.6) is 0 Å². The van der Waals surface area contributed by atoms with Crippen LogP contribution in [0.25, 0.3) is 6.08 Å². The first-order chi connectivity index (χ1) is 10.9. The van der Waals surface area contributed by atoms with Crippen LogP contribution in [0, 0.1) is 0 Å². The van der Waals surface area contributed by atoms with Gasteiger partial charge in [-0.25, -0.2) is 0 Å². The molecule has 1 aliphatic rings. The molecule has 1 N–H and O–H groups in total. The molecule has 1 saturated heterocycles. The number of aryl methyl sites for hydroxylation is 1. The zero-order valence-corrected chi connectivity index (χ0v) is 13.1. The van der Waals surface area contributed by atoms with Gasteiger partial charge in [-0.05, 0) is 36.8 Å². The van der Waals surface area contributed by atoms with Crippen LogP contribution < -0.4 is 5.32 Å². The molecule has 1 heterocycles. The van der Waals surface area contributed by atoms with Crippen LogP contribution in [0.4, 0.5) is 0 Å². The van der Waals surface area contributed by atoms with Gasteiger partial charge >= 0.3 is 0 Å². The molecule has 0 aliphatic carbocycles. The van der Waals surface area contributed by atoms with E-state index in [0.717, 1.165) is 0 Å². The van der Waals surface area contributed by atoms with Crippen molar-refractivity contribution in [1.82, 2.24) is 5.32 Å². The van der Waals surface area contributed by atoms with Crippen LogP contribution in [0.1, 0.15) is 36.8 Å². The molecule has 22 heavy (non-hydrogen) atoms. The van der Waals surface area contributed by atoms with E-state index in [1.807, 2.05) is 0 Å². The lowest BCUT2D eigenvalue weighted by atomic mass is 9.93. The molecule has 3 rings (SSSR count). The Labute approximate surface area is 134 Å². The largest absolute Gasteiger partial charge is 0.308 e. The highest BCUT2D eigenvalue weighted by atomic mass is 15.0. The van der Waals surface area contributed by atoms with Gasteiger partial charge in [0.1, 0.15) is 0 Å². The number of nitrogens with one attached hydrogen (secondary N) is 1. The Bertz CT molecular complexity index is 573. The smallest absolute Gasteiger partial charge is 0.0255 e. The molecule has 2 aromatic carbocycles. The van der Waals surface area contributed by atoms with Crippen LogP contribution in [-0.2, 0) is 6.42 Å². The number of hydrogen-bond acceptors (Lipinski definition) is 1. The molecule has 0 saturated carbocycles. The summed E-state index contributed by atoms with van der Waals surface area (Å²) in [4.78, 5) is 0. The summed E-state index contributed by atoms with van der Waals surface area (Å²) in [5, 5.41) is 3.81. The van der Waals surface area contributed by atoms with Gasteiger partial charge in [-0.1, -0.05) is 79.2 Å². The lowest BCUT2D eigenvalue weighted by molar-refractivity contribution is 0.341. The Balaban J connectivity index is 1.50. The average Bonchev–Trinajstić information content (AvgIpc) is 2.60. The molecule has 0 bridgehead atoms. The molecular weight excluding hydrogens is 266 g/mol. The minimum atomic E-state index is 0.523. The lowest BCUT2D eigenvalue weighted by Crippen LogP contribution is -2.41. The van der Waals surface area contributed by atoms with Crippen molar-refractivity contribution < 1.29 is 0 Å². The number of rotatable bonds is 5. The summed E-state index contributed by atoms with van der Waals surface area (Å²) in [6.45, 7) is 0. The number of benzene rings is 2. The van der Waals surface area contributed by atoms with E-state index in [-0.39, 0.29) is 0 Å². The highest BCUT2D eigenvalue weighted by Gasteiger charge is 2.18. The van der Waals surface area contributed by atoms with Crippen molar-refractivity contribution in [3.05, 3.63) is 77.9 Å². The van der Waals surface area contributed by atoms with E-state index in [9.17, 15) is 0 Å². The van der Waals surface area contributed by atoms with E-state index in [1.165, 1.54) is 43.2 Å². The predicted molar refractivity (Wildman–Crippen MR) is 94.8 cm³/mol. The van der Waals surface area contributed by atoms with Crippen molar-refractivity contribution in [2.45, 2.75) is 44.2 Å². The second-order valence-corrected chi connectivity index (χ2v) is 6.20. The molecular formula is C21H25N. The maximum absolute atomic E-state index is 3.81. The third-order valence-corrected chi connectivity index (χ3v) is 4.46. The van der Waals surface area contributed by atoms with E-state index >= 15 is 0 Å². The van der Waals surface area contributed by atoms with E-state index in [4.69, 9.17) is 0 Å². The van der Waals surface area contributed by atoms with E-state index < -0.39 is 0 Å². The molecule has 1 fully saturated rings. The Kier molecular flexibility index (Phi) is 5.44. The molecule has 0 radical (unpaired) electrons. The molecule has 0 amide bonds. The first-order valence-electron chi connectivity index (χ1n) is 8.43. The summed E-state index contributed by atoms with van der Waals surface area (Å²) < 4.78 is 0. The van der Waals surface area contributed by atoms with Crippen molar-refractivity contribution >= 4 is 6.08 Å². The van der Waals surface area contributed by atoms with Crippen LogP contribution in [0.15, 0.2) is 66.7 Å². The van der Waals surface area contributed by atoms with Gasteiger partial charge < -0.3 is 5.32 Å². The van der Waals surface area contributed by atoms with Gasteiger partial charge in [0.15, 0.2) is 0 Å². The average molecular weight is 291 g/mol. The van der Waals surface area contributed by atoms with Crippen molar-refractivity contribution in [2.24, 2.45) is 0 Å². The molecule has 2 aromatic rings. The summed E-state index contributed by atoms with van der Waals surface area (Å²) in [6.07, 6.45) is 10.9. The minimum Gasteiger partial charge on any atom is -0.308 e. The maximum atomic E-state index is 3.81. The molecule has 1 unspecified atom stereocenters. The first-order valence-corrected chi connectivity index (χ1v) is 8.43. The molecule has 1 nitrogen and oxygen atoms in total. The van der Waals surface area contributed by atoms with Crippen molar-refractivity contribution in [2.75, 3.05) is 0 Å². The summed E-state index contributed by atoms with van der Waals surface area (Å²) in [6, 6.07) is 22.6. The van der Waals surface area contributed by atoms with Gasteiger partial charge in [0.05, 0.1) is 0 Å². The number of piperidine rings is 1. The zero-order valence-electron chi connectivity index (χ0n) is 13.1. The Morgan fingerprint density at radius 1 is 0.909 bits per heavy atom. The maximum Gasteiger partial charge on any atom is 0.0255 e. The van der Waals surface area contributed by atoms with Gasteiger partial charge in [-0.2, -0.15) is 0 Å². The fraction of sp³-hybridized carbons (Fsp3) is 0.333. The summed E-state index contributed by atoms with van der Waals surface area (Å²) >= 11 is 0. The quantitative estimate of drug-likeness (QED) is 0.831. The second kappa shape index (κ2) is 7.95. The SMILES string of the molecule is C(=C\C1CCC[C@@H](CCc2ccccc2)N1)/c1ccccc1. The molecule has 2 atom stereocenters. The van der Waals surface area contributed by atoms with Gasteiger partial charge in [-0.15, -0.1) is 0 Å². The van der Waals surface area contributed by atoms with Gasteiger partial charge in [0.25, 0.3) is 0 Å². The van der Waals surface area contributed by atoms with E-state index in [1.54, 1.807) is 0 Å². The van der Waals surface area contributed by atoms with Crippen LogP contribution in [0.3, 0.4) is 0 Å². The minimum absolute atomic E-state index is 0.523. The van der Waals surface area contributed by atoms with Crippen LogP contribution in [0.2, 0.25) is 0 Å². The fourth-order valence-electron chi connectivity index (χ4n) is 3.21. The van der Waals surface area contributed by atoms with Crippen LogP contribution in [-0.4, -0.2) is 12.1 Å². The zero-order chi connectivity index (χ0) is 15.0. The summed E-state index contributed by atoms with van der Waals surface area (Å²) in [5.41, 5.74) is 2.74. The second-order valence-electron chi connectivity index (χ2n) is 6.20. The summed E-state index contributed by atoms with van der Waals surface area (Å²) in [5.74, 6) is 0. The highest BCUT2D eigenvalue weighted by molar-refractivity contribution is 5.49. The van der Waals surface area contributed by atoms with Crippen molar-refractivity contribution in [3.8, 4) is 0 Å². The van der Waals surface area contributed by atoms with Crippen LogP contribution >= 0.6 is 0 Å². The number of hydrogen-bond donors (Lipinski definition) is 1. The topological polar surface area (TPSA) is 12.0 Å². The standard InChI is InChI=1S/C21H25N/c1-3-8-18(9-4-1)14-16-20-12-7-13-21(22-20)17-15-19-10-5-2-6-11-19/h1-6,8-11,14,16,20-22H,7,12-13,15,17H2/b16-14+/t20?,21-/m0/s1. The van der Waals surface area contributed by atoms with Gasteiger partial charge in [-0.3, -0.25) is 0 Å². The first kappa shape index (κ1) is 15.1. The Hall–Kier alpha value is -1.86. The molecule has 1 heteroatoms. The van der Waals surface area contributed by atoms with Crippen molar-refractivity contribution in [3.63, 3.8) is 0 Å². The predicted octanol–water partition coefficient (Wildman–Crippen LogP) is 4.84. The molecule has 1 aliphatic heterocycles. The molecule has 114 valence electrons. The fourth-order valence-corrected chi connectivity index (χ4v) is 3.21. The normalized spacial score (nSPS) is 22.0. The van der Waals surface area contributed by atoms with Crippen molar-refractivity contribution in [1.29, 1.82) is 0 Å². The highest BCUT2D eigenvalue weighted by Crippen LogP contribution is 2.18. The summed E-state index contributed by atoms with van der Waals surface area (Å²) in [7, 11) is 0. The lowest BCUT2D eigenvalue weighted by Gasteiger charge is -2.29. The Morgan fingerprint density at radius 3 is 2.41 bits per heavy atom. The molecule has 0 aromatic heterocycles. The van der Waals surface area contributed by atoms with E-state index in [0.29, 0.717) is 12.1 Å². The monoisotopic (exact) mass is 291 g/mol. The van der Waals surface area contributed by atoms with E-state index in [2.05, 4.69) is 78.1 Å².